The Kier molecular flexibility index (Phi) is 3.70. The number of rotatable bonds is 3. The number of nitrogens with zero attached hydrogens (tertiary/aromatic N) is 2. The van der Waals surface area contributed by atoms with Gasteiger partial charge in [-0.2, -0.15) is 0 Å². The van der Waals surface area contributed by atoms with Gasteiger partial charge in [-0.25, -0.2) is 0 Å². The fourth-order valence-electron chi connectivity index (χ4n) is 3.33. The van der Waals surface area contributed by atoms with E-state index in [0.717, 1.165) is 12.2 Å². The molecule has 3 nitrogen and oxygen atoms in total. The number of hydrogen-bond donors (Lipinski definition) is 1. The fourth-order valence-corrected chi connectivity index (χ4v) is 3.33. The normalized spacial score (nSPS) is 17.1. The van der Waals surface area contributed by atoms with Gasteiger partial charge in [0.15, 0.2) is 0 Å². The Labute approximate surface area is 121 Å². The summed E-state index contributed by atoms with van der Waals surface area (Å²) in [6.45, 7) is 7.94. The van der Waals surface area contributed by atoms with E-state index < -0.39 is 0 Å². The highest BCUT2D eigenvalue weighted by Crippen LogP contribution is 2.30. The van der Waals surface area contributed by atoms with Crippen molar-refractivity contribution in [2.24, 2.45) is 0 Å². The summed E-state index contributed by atoms with van der Waals surface area (Å²) in [6.07, 6.45) is 6.35. The Balaban J connectivity index is 2.01. The predicted molar refractivity (Wildman–Crippen MR) is 85.9 cm³/mol. The zero-order valence-corrected chi connectivity index (χ0v) is 12.6. The quantitative estimate of drug-likeness (QED) is 0.862. The van der Waals surface area contributed by atoms with Crippen LogP contribution in [0.2, 0.25) is 0 Å². The number of hydrogen-bond acceptors (Lipinski definition) is 2. The van der Waals surface area contributed by atoms with E-state index in [1.807, 2.05) is 6.07 Å². The van der Waals surface area contributed by atoms with Crippen LogP contribution >= 0.6 is 0 Å². The van der Waals surface area contributed by atoms with Crippen LogP contribution in [-0.4, -0.2) is 22.6 Å². The number of piperidine rings is 1. The first-order chi connectivity index (χ1) is 9.66. The van der Waals surface area contributed by atoms with E-state index >= 15 is 0 Å². The molecule has 2 N–H and O–H groups in total. The maximum atomic E-state index is 6.24. The molecular weight excluding hydrogens is 246 g/mol. The van der Waals surface area contributed by atoms with Crippen molar-refractivity contribution in [3.63, 3.8) is 0 Å². The third kappa shape index (κ3) is 2.42. The molecule has 0 bridgehead atoms. The van der Waals surface area contributed by atoms with E-state index in [2.05, 4.69) is 41.6 Å². The fraction of sp³-hybridized carbons (Fsp3) is 0.529. The van der Waals surface area contributed by atoms with Crippen LogP contribution in [0.3, 0.4) is 0 Å². The summed E-state index contributed by atoms with van der Waals surface area (Å²) in [5.41, 5.74) is 9.81. The molecule has 0 saturated carbocycles. The minimum Gasteiger partial charge on any atom is -0.398 e. The third-order valence-electron chi connectivity index (χ3n) is 4.37. The number of likely N-dealkylation sites (tertiary alicyclic amines) is 1. The van der Waals surface area contributed by atoms with Crippen LogP contribution in [0.4, 0.5) is 5.69 Å². The van der Waals surface area contributed by atoms with Gasteiger partial charge < -0.3 is 10.3 Å². The smallest absolute Gasteiger partial charge is 0.0506 e. The lowest BCUT2D eigenvalue weighted by molar-refractivity contribution is 0.221. The molecular formula is C17H25N3. The van der Waals surface area contributed by atoms with Crippen molar-refractivity contribution in [3.8, 4) is 0 Å². The zero-order chi connectivity index (χ0) is 14.1. The molecule has 2 heterocycles. The molecule has 1 aromatic heterocycles. The summed E-state index contributed by atoms with van der Waals surface area (Å²) in [4.78, 5) is 2.56. The van der Waals surface area contributed by atoms with E-state index in [1.165, 1.54) is 48.8 Å². The van der Waals surface area contributed by atoms with Gasteiger partial charge >= 0.3 is 0 Å². The molecule has 3 heteroatoms. The van der Waals surface area contributed by atoms with Crippen LogP contribution in [0.1, 0.15) is 44.7 Å². The van der Waals surface area contributed by atoms with Crippen LogP contribution in [0, 0.1) is 0 Å². The average Bonchev–Trinajstić information content (AvgIpc) is 2.80. The number of nitrogens with two attached hydrogens (primary N) is 1. The van der Waals surface area contributed by atoms with Crippen LogP contribution in [-0.2, 0) is 6.54 Å². The van der Waals surface area contributed by atoms with Crippen molar-refractivity contribution in [3.05, 3.63) is 30.0 Å². The van der Waals surface area contributed by atoms with E-state index in [0.29, 0.717) is 6.04 Å². The Morgan fingerprint density at radius 1 is 1.15 bits per heavy atom. The summed E-state index contributed by atoms with van der Waals surface area (Å²) < 4.78 is 2.35. The molecule has 20 heavy (non-hydrogen) atoms. The largest absolute Gasteiger partial charge is 0.398 e. The van der Waals surface area contributed by atoms with Gasteiger partial charge in [0.1, 0.15) is 0 Å². The van der Waals surface area contributed by atoms with Gasteiger partial charge in [-0.1, -0.05) is 12.5 Å². The molecule has 0 aliphatic carbocycles. The summed E-state index contributed by atoms with van der Waals surface area (Å²) in [7, 11) is 0. The lowest BCUT2D eigenvalue weighted by Crippen LogP contribution is -2.29. The summed E-state index contributed by atoms with van der Waals surface area (Å²) in [5.74, 6) is 0. The molecule has 1 aliphatic heterocycles. The predicted octanol–water partition coefficient (Wildman–Crippen LogP) is 3.79. The maximum Gasteiger partial charge on any atom is 0.0506 e. The number of aromatic nitrogens is 1. The highest BCUT2D eigenvalue weighted by Gasteiger charge is 2.16. The van der Waals surface area contributed by atoms with Gasteiger partial charge in [-0.05, 0) is 57.5 Å². The first kappa shape index (κ1) is 13.5. The molecule has 0 spiro atoms. The van der Waals surface area contributed by atoms with E-state index in [9.17, 15) is 0 Å². The van der Waals surface area contributed by atoms with Crippen molar-refractivity contribution in [1.29, 1.82) is 0 Å². The Morgan fingerprint density at radius 3 is 2.60 bits per heavy atom. The highest BCUT2D eigenvalue weighted by molar-refractivity contribution is 5.94. The van der Waals surface area contributed by atoms with Gasteiger partial charge in [0, 0.05) is 29.9 Å². The minimum atomic E-state index is 0.467. The molecule has 0 unspecified atom stereocenters. The summed E-state index contributed by atoms with van der Waals surface area (Å²) >= 11 is 0. The highest BCUT2D eigenvalue weighted by atomic mass is 15.1. The second-order valence-electron chi connectivity index (χ2n) is 6.23. The van der Waals surface area contributed by atoms with E-state index in [-0.39, 0.29) is 0 Å². The summed E-state index contributed by atoms with van der Waals surface area (Å²) in [5, 5.41) is 1.26. The number of anilines is 1. The molecule has 1 fully saturated rings. The molecule has 108 valence electrons. The lowest BCUT2D eigenvalue weighted by atomic mass is 10.1. The van der Waals surface area contributed by atoms with E-state index in [4.69, 9.17) is 5.73 Å². The maximum absolute atomic E-state index is 6.24. The molecule has 2 aromatic rings. The topological polar surface area (TPSA) is 34.2 Å². The van der Waals surface area contributed by atoms with Crippen molar-refractivity contribution in [1.82, 2.24) is 9.47 Å². The van der Waals surface area contributed by atoms with Crippen LogP contribution < -0.4 is 5.73 Å². The van der Waals surface area contributed by atoms with Crippen molar-refractivity contribution >= 4 is 16.6 Å². The Bertz CT molecular complexity index is 592. The zero-order valence-electron chi connectivity index (χ0n) is 12.6. The number of fused-ring (bicyclic) bond motifs is 1. The lowest BCUT2D eigenvalue weighted by Gasteiger charge is -2.26. The molecule has 3 rings (SSSR count). The second-order valence-corrected chi connectivity index (χ2v) is 6.23. The molecule has 1 aromatic carbocycles. The van der Waals surface area contributed by atoms with Gasteiger partial charge in [0.25, 0.3) is 0 Å². The summed E-state index contributed by atoms with van der Waals surface area (Å²) in [6, 6.07) is 6.73. The van der Waals surface area contributed by atoms with Gasteiger partial charge in [0.05, 0.1) is 5.52 Å². The Morgan fingerprint density at radius 2 is 1.90 bits per heavy atom. The van der Waals surface area contributed by atoms with Crippen molar-refractivity contribution < 1.29 is 0 Å². The monoisotopic (exact) mass is 271 g/mol. The van der Waals surface area contributed by atoms with Crippen molar-refractivity contribution in [2.45, 2.75) is 45.7 Å². The van der Waals surface area contributed by atoms with Gasteiger partial charge in [0.2, 0.25) is 0 Å². The average molecular weight is 271 g/mol. The first-order valence-corrected chi connectivity index (χ1v) is 7.77. The first-order valence-electron chi connectivity index (χ1n) is 7.77. The third-order valence-corrected chi connectivity index (χ3v) is 4.37. The molecule has 1 aliphatic rings. The Hall–Kier alpha value is -1.48. The van der Waals surface area contributed by atoms with Gasteiger partial charge in [-0.3, -0.25) is 4.90 Å². The van der Waals surface area contributed by atoms with Gasteiger partial charge in [-0.15, -0.1) is 0 Å². The number of benzene rings is 1. The number of nitrogen functional groups attached to an aromatic ring is 1. The standard InChI is InChI=1S/C17H25N3/c1-13(2)20-12-14(11-19-9-4-3-5-10-19)17-15(18)7-6-8-16(17)20/h6-8,12-13H,3-5,9-11,18H2,1-2H3. The molecule has 0 amide bonds. The van der Waals surface area contributed by atoms with Crippen molar-refractivity contribution in [2.75, 3.05) is 18.8 Å². The van der Waals surface area contributed by atoms with Crippen LogP contribution in [0.5, 0.6) is 0 Å². The molecule has 0 radical (unpaired) electrons. The van der Waals surface area contributed by atoms with Crippen LogP contribution in [0.15, 0.2) is 24.4 Å². The van der Waals surface area contributed by atoms with E-state index in [1.54, 1.807) is 0 Å². The minimum absolute atomic E-state index is 0.467. The molecule has 0 atom stereocenters. The van der Waals surface area contributed by atoms with Crippen LogP contribution in [0.25, 0.3) is 10.9 Å². The SMILES string of the molecule is CC(C)n1cc(CN2CCCCC2)c2c(N)cccc21. The molecule has 1 saturated heterocycles. The second kappa shape index (κ2) is 5.49.